The van der Waals surface area contributed by atoms with Crippen molar-refractivity contribution in [2.24, 2.45) is 0 Å². The zero-order valence-electron chi connectivity index (χ0n) is 11.8. The first-order valence-corrected chi connectivity index (χ1v) is 7.04. The molecule has 0 aliphatic carbocycles. The van der Waals surface area contributed by atoms with Crippen LogP contribution >= 0.6 is 0 Å². The van der Waals surface area contributed by atoms with Crippen LogP contribution in [-0.2, 0) is 18.9 Å². The zero-order chi connectivity index (χ0) is 13.0. The summed E-state index contributed by atoms with van der Waals surface area (Å²) in [6.45, 7) is 9.71. The first kappa shape index (κ1) is 14.3. The Balaban J connectivity index is 1.45. The summed E-state index contributed by atoms with van der Waals surface area (Å²) in [7, 11) is 0. The molecule has 18 heavy (non-hydrogen) atoms. The molecule has 106 valence electrons. The number of epoxide rings is 2. The van der Waals surface area contributed by atoms with E-state index in [1.54, 1.807) is 0 Å². The van der Waals surface area contributed by atoms with Crippen LogP contribution in [0.3, 0.4) is 0 Å². The molecule has 2 rings (SSSR count). The quantitative estimate of drug-likeness (QED) is 0.445. The van der Waals surface area contributed by atoms with E-state index in [9.17, 15) is 0 Å². The van der Waals surface area contributed by atoms with Gasteiger partial charge >= 0.3 is 0 Å². The van der Waals surface area contributed by atoms with Gasteiger partial charge in [0.2, 0.25) is 0 Å². The van der Waals surface area contributed by atoms with Gasteiger partial charge in [-0.05, 0) is 33.6 Å². The van der Waals surface area contributed by atoms with Gasteiger partial charge in [-0.3, -0.25) is 0 Å². The Morgan fingerprint density at radius 1 is 1.22 bits per heavy atom. The van der Waals surface area contributed by atoms with E-state index in [0.29, 0.717) is 18.3 Å². The van der Waals surface area contributed by atoms with Crippen LogP contribution in [0.4, 0.5) is 0 Å². The van der Waals surface area contributed by atoms with E-state index < -0.39 is 0 Å². The van der Waals surface area contributed by atoms with Gasteiger partial charge in [0.15, 0.2) is 0 Å². The van der Waals surface area contributed by atoms with E-state index in [0.717, 1.165) is 45.7 Å². The Kier molecular flexibility index (Phi) is 5.01. The summed E-state index contributed by atoms with van der Waals surface area (Å²) in [5, 5.41) is 0. The molecule has 0 aromatic rings. The molecule has 2 saturated heterocycles. The average Bonchev–Trinajstić information content (AvgIpc) is 3.15. The van der Waals surface area contributed by atoms with Crippen LogP contribution in [-0.4, -0.2) is 50.3 Å². The average molecular weight is 258 g/mol. The minimum Gasteiger partial charge on any atom is -0.376 e. The second-order valence-electron chi connectivity index (χ2n) is 6.01. The standard InChI is InChI=1S/C14H26O4/c1-11(15-9-13-10-17-13)5-4-6-18-14(2,3)7-12-8-16-12/h11-13H,4-10H2,1-3H3. The van der Waals surface area contributed by atoms with Crippen molar-refractivity contribution in [2.75, 3.05) is 26.4 Å². The summed E-state index contributed by atoms with van der Waals surface area (Å²) in [6.07, 6.45) is 4.18. The molecule has 0 spiro atoms. The van der Waals surface area contributed by atoms with Crippen molar-refractivity contribution in [2.45, 2.75) is 63.9 Å². The molecule has 0 aromatic heterocycles. The fraction of sp³-hybridized carbons (Fsp3) is 1.00. The van der Waals surface area contributed by atoms with Crippen LogP contribution in [0, 0.1) is 0 Å². The summed E-state index contributed by atoms with van der Waals surface area (Å²) in [5.74, 6) is 0. The van der Waals surface area contributed by atoms with E-state index in [4.69, 9.17) is 18.9 Å². The molecule has 2 aliphatic heterocycles. The Morgan fingerprint density at radius 3 is 2.50 bits per heavy atom. The highest BCUT2D eigenvalue weighted by Crippen LogP contribution is 2.25. The van der Waals surface area contributed by atoms with Crippen LogP contribution < -0.4 is 0 Å². The number of hydrogen-bond donors (Lipinski definition) is 0. The highest BCUT2D eigenvalue weighted by Gasteiger charge is 2.31. The van der Waals surface area contributed by atoms with Gasteiger partial charge in [-0.15, -0.1) is 0 Å². The third-order valence-corrected chi connectivity index (χ3v) is 3.34. The molecule has 0 saturated carbocycles. The van der Waals surface area contributed by atoms with Gasteiger partial charge < -0.3 is 18.9 Å². The molecule has 2 aliphatic rings. The molecular weight excluding hydrogens is 232 g/mol. The van der Waals surface area contributed by atoms with Crippen molar-refractivity contribution in [3.8, 4) is 0 Å². The lowest BCUT2D eigenvalue weighted by Gasteiger charge is -2.25. The van der Waals surface area contributed by atoms with Gasteiger partial charge in [0.05, 0.1) is 37.6 Å². The summed E-state index contributed by atoms with van der Waals surface area (Å²) in [6, 6.07) is 0. The summed E-state index contributed by atoms with van der Waals surface area (Å²) in [4.78, 5) is 0. The van der Waals surface area contributed by atoms with Crippen LogP contribution in [0.25, 0.3) is 0 Å². The van der Waals surface area contributed by atoms with E-state index >= 15 is 0 Å². The molecular formula is C14H26O4. The predicted molar refractivity (Wildman–Crippen MR) is 68.8 cm³/mol. The van der Waals surface area contributed by atoms with Gasteiger partial charge in [0, 0.05) is 13.0 Å². The van der Waals surface area contributed by atoms with Gasteiger partial charge in [-0.2, -0.15) is 0 Å². The van der Waals surface area contributed by atoms with Gasteiger partial charge in [-0.25, -0.2) is 0 Å². The maximum absolute atomic E-state index is 5.91. The van der Waals surface area contributed by atoms with Gasteiger partial charge in [0.25, 0.3) is 0 Å². The number of rotatable bonds is 10. The molecule has 2 heterocycles. The lowest BCUT2D eigenvalue weighted by molar-refractivity contribution is -0.0349. The Bertz CT molecular complexity index is 246. The lowest BCUT2D eigenvalue weighted by Crippen LogP contribution is -2.27. The first-order chi connectivity index (χ1) is 8.55. The third-order valence-electron chi connectivity index (χ3n) is 3.34. The second kappa shape index (κ2) is 6.33. The number of ether oxygens (including phenoxy) is 4. The van der Waals surface area contributed by atoms with Crippen LogP contribution in [0.5, 0.6) is 0 Å². The van der Waals surface area contributed by atoms with E-state index in [2.05, 4.69) is 20.8 Å². The SMILES string of the molecule is CC(CCCOC(C)(C)CC1CO1)OCC1CO1. The normalized spacial score (nSPS) is 28.2. The zero-order valence-corrected chi connectivity index (χ0v) is 11.8. The van der Waals surface area contributed by atoms with Gasteiger partial charge in [-0.1, -0.05) is 0 Å². The molecule has 0 aromatic carbocycles. The van der Waals surface area contributed by atoms with E-state index in [1.165, 1.54) is 0 Å². The topological polar surface area (TPSA) is 43.5 Å². The predicted octanol–water partition coefficient (Wildman–Crippen LogP) is 2.15. The lowest BCUT2D eigenvalue weighted by atomic mass is 10.0. The van der Waals surface area contributed by atoms with Crippen molar-refractivity contribution in [3.05, 3.63) is 0 Å². The Labute approximate surface area is 110 Å². The molecule has 0 bridgehead atoms. The smallest absolute Gasteiger partial charge is 0.104 e. The van der Waals surface area contributed by atoms with Crippen molar-refractivity contribution >= 4 is 0 Å². The number of hydrogen-bond acceptors (Lipinski definition) is 4. The second-order valence-corrected chi connectivity index (χ2v) is 6.01. The summed E-state index contributed by atoms with van der Waals surface area (Å²) < 4.78 is 21.9. The largest absolute Gasteiger partial charge is 0.376 e. The fourth-order valence-corrected chi connectivity index (χ4v) is 2.03. The summed E-state index contributed by atoms with van der Waals surface area (Å²) >= 11 is 0. The van der Waals surface area contributed by atoms with Crippen molar-refractivity contribution in [3.63, 3.8) is 0 Å². The highest BCUT2D eigenvalue weighted by molar-refractivity contribution is 4.80. The maximum atomic E-state index is 5.91. The molecule has 4 nitrogen and oxygen atoms in total. The minimum atomic E-state index is -0.0624. The van der Waals surface area contributed by atoms with Crippen LogP contribution in [0.1, 0.15) is 40.0 Å². The van der Waals surface area contributed by atoms with Crippen molar-refractivity contribution < 1.29 is 18.9 Å². The van der Waals surface area contributed by atoms with Gasteiger partial charge in [0.1, 0.15) is 6.10 Å². The van der Waals surface area contributed by atoms with Crippen molar-refractivity contribution in [1.82, 2.24) is 0 Å². The highest BCUT2D eigenvalue weighted by atomic mass is 16.6. The van der Waals surface area contributed by atoms with Crippen LogP contribution in [0.15, 0.2) is 0 Å². The third kappa shape index (κ3) is 6.14. The Hall–Kier alpha value is -0.160. The molecule has 3 atom stereocenters. The monoisotopic (exact) mass is 258 g/mol. The molecule has 3 unspecified atom stereocenters. The van der Waals surface area contributed by atoms with Crippen molar-refractivity contribution in [1.29, 1.82) is 0 Å². The molecule has 4 heteroatoms. The summed E-state index contributed by atoms with van der Waals surface area (Å²) in [5.41, 5.74) is -0.0624. The minimum absolute atomic E-state index is 0.0624. The van der Waals surface area contributed by atoms with Crippen LogP contribution in [0.2, 0.25) is 0 Å². The molecule has 0 N–H and O–H groups in total. The van der Waals surface area contributed by atoms with E-state index in [1.807, 2.05) is 0 Å². The fourth-order valence-electron chi connectivity index (χ4n) is 2.03. The maximum Gasteiger partial charge on any atom is 0.104 e. The molecule has 0 radical (unpaired) electrons. The molecule has 0 amide bonds. The Morgan fingerprint density at radius 2 is 1.89 bits per heavy atom. The first-order valence-electron chi connectivity index (χ1n) is 7.04. The van der Waals surface area contributed by atoms with E-state index in [-0.39, 0.29) is 5.60 Å². The molecule has 2 fully saturated rings.